The zero-order valence-electron chi connectivity index (χ0n) is 6.83. The first-order chi connectivity index (χ1) is 5.95. The molecule has 12 heavy (non-hydrogen) atoms. The summed E-state index contributed by atoms with van der Waals surface area (Å²) < 4.78 is 0. The molecule has 0 radical (unpaired) electrons. The molecule has 0 amide bonds. The Morgan fingerprint density at radius 1 is 0.917 bits per heavy atom. The Morgan fingerprint density at radius 3 is 2.42 bits per heavy atom. The molecule has 2 heteroatoms. The summed E-state index contributed by atoms with van der Waals surface area (Å²) in [5.74, 6) is 0. The summed E-state index contributed by atoms with van der Waals surface area (Å²) in [6.45, 7) is 0. The van der Waals surface area contributed by atoms with Crippen LogP contribution >= 0.6 is 0 Å². The van der Waals surface area contributed by atoms with Crippen LogP contribution in [0, 0.1) is 0 Å². The lowest BCUT2D eigenvalue weighted by molar-refractivity contribution is 1.47. The monoisotopic (exact) mass is 155 g/mol. The first kappa shape index (κ1) is 7.23. The molecule has 2 aromatic rings. The van der Waals surface area contributed by atoms with Crippen LogP contribution in [0.25, 0.3) is 0 Å². The minimum Gasteiger partial charge on any atom is -0.373 e. The van der Waals surface area contributed by atoms with E-state index in [4.69, 9.17) is 0 Å². The van der Waals surface area contributed by atoms with Gasteiger partial charge in [0.15, 0.2) is 0 Å². The number of aromatic nitrogens is 1. The maximum atomic E-state index is 3.19. The van der Waals surface area contributed by atoms with E-state index in [1.54, 1.807) is 0 Å². The van der Waals surface area contributed by atoms with E-state index >= 15 is 0 Å². The number of hydrogen-bond acceptors (Lipinski definition) is 0. The second-order valence-electron chi connectivity index (χ2n) is 2.86. The molecule has 0 bridgehead atoms. The molecule has 1 heterocycles. The van der Waals surface area contributed by atoms with Crippen molar-refractivity contribution in [3.8, 4) is 0 Å². The van der Waals surface area contributed by atoms with E-state index in [-0.39, 0.29) is 0 Å². The Bertz CT molecular complexity index is 326. The van der Waals surface area contributed by atoms with E-state index in [2.05, 4.69) is 35.3 Å². The molecular weight excluding hydrogens is 145 g/mol. The van der Waals surface area contributed by atoms with Gasteiger partial charge < -0.3 is 4.98 Å². The van der Waals surface area contributed by atoms with Crippen LogP contribution in [0.2, 0.25) is 0 Å². The Labute approximate surface area is 72.7 Å². The summed E-state index contributed by atoms with van der Waals surface area (Å²) in [5.41, 5.74) is 2.61. The van der Waals surface area contributed by atoms with Crippen molar-refractivity contribution in [3.63, 3.8) is 0 Å². The van der Waals surface area contributed by atoms with Gasteiger partial charge in [0.2, 0.25) is 7.28 Å². The Balaban J connectivity index is 2.15. The number of benzene rings is 1. The van der Waals surface area contributed by atoms with Gasteiger partial charge in [0, 0.05) is 0 Å². The molecule has 1 nitrogen and oxygen atoms in total. The molecule has 0 unspecified atom stereocenters. The molecule has 0 spiro atoms. The van der Waals surface area contributed by atoms with Crippen LogP contribution in [-0.4, -0.2) is 12.3 Å². The first-order valence-corrected chi connectivity index (χ1v) is 4.11. The normalized spacial score (nSPS) is 9.67. The van der Waals surface area contributed by atoms with E-state index in [1.165, 1.54) is 11.1 Å². The Morgan fingerprint density at radius 2 is 1.75 bits per heavy atom. The predicted octanol–water partition coefficient (Wildman–Crippen LogP) is 0.402. The molecule has 0 aliphatic heterocycles. The van der Waals surface area contributed by atoms with Crippen molar-refractivity contribution in [2.24, 2.45) is 0 Å². The summed E-state index contributed by atoms with van der Waals surface area (Å²) in [5, 5.41) is 0. The smallest absolute Gasteiger partial charge is 0.213 e. The van der Waals surface area contributed by atoms with Crippen molar-refractivity contribution in [1.29, 1.82) is 0 Å². The van der Waals surface area contributed by atoms with E-state index in [0.717, 1.165) is 7.28 Å². The zero-order chi connectivity index (χ0) is 8.23. The number of nitrogens with one attached hydrogen (secondary N) is 1. The van der Waals surface area contributed by atoms with Gasteiger partial charge in [-0.3, -0.25) is 0 Å². The molecule has 0 atom stereocenters. The molecule has 1 aromatic heterocycles. The molecule has 1 N–H and O–H groups in total. The van der Waals surface area contributed by atoms with Crippen LogP contribution in [0.15, 0.2) is 48.7 Å². The highest BCUT2D eigenvalue weighted by atomic mass is 14.6. The Kier molecular flexibility index (Phi) is 1.99. The summed E-state index contributed by atoms with van der Waals surface area (Å²) >= 11 is 0. The van der Waals surface area contributed by atoms with Gasteiger partial charge in [-0.15, -0.1) is 0 Å². The van der Waals surface area contributed by atoms with E-state index in [1.807, 2.05) is 18.3 Å². The van der Waals surface area contributed by atoms with E-state index in [9.17, 15) is 0 Å². The molecular formula is C10H10BN. The van der Waals surface area contributed by atoms with Gasteiger partial charge in [0.05, 0.1) is 0 Å². The molecule has 0 saturated carbocycles. The second-order valence-corrected chi connectivity index (χ2v) is 2.86. The average Bonchev–Trinajstić information content (AvgIpc) is 2.59. The third-order valence-electron chi connectivity index (χ3n) is 1.90. The van der Waals surface area contributed by atoms with Crippen LogP contribution in [-0.2, 0) is 0 Å². The highest BCUT2D eigenvalue weighted by Gasteiger charge is 1.96. The van der Waals surface area contributed by atoms with Gasteiger partial charge in [-0.2, -0.15) is 0 Å². The second kappa shape index (κ2) is 3.31. The Hall–Kier alpha value is -1.44. The third kappa shape index (κ3) is 1.59. The third-order valence-corrected chi connectivity index (χ3v) is 1.90. The summed E-state index contributed by atoms with van der Waals surface area (Å²) in [6, 6.07) is 14.6. The van der Waals surface area contributed by atoms with Crippen LogP contribution < -0.4 is 11.1 Å². The fourth-order valence-electron chi connectivity index (χ4n) is 1.29. The summed E-state index contributed by atoms with van der Waals surface area (Å²) in [4.78, 5) is 3.19. The minimum absolute atomic E-state index is 0.994. The number of H-pyrrole nitrogens is 1. The van der Waals surface area contributed by atoms with Crippen molar-refractivity contribution >= 4 is 18.3 Å². The summed E-state index contributed by atoms with van der Waals surface area (Å²) in [7, 11) is 0.994. The zero-order valence-corrected chi connectivity index (χ0v) is 6.83. The quantitative estimate of drug-likeness (QED) is 0.604. The van der Waals surface area contributed by atoms with Gasteiger partial charge in [-0.05, 0) is 17.9 Å². The highest BCUT2D eigenvalue weighted by molar-refractivity contribution is 6.66. The van der Waals surface area contributed by atoms with Crippen LogP contribution in [0.4, 0.5) is 0 Å². The maximum absolute atomic E-state index is 3.19. The lowest BCUT2D eigenvalue weighted by Gasteiger charge is -1.94. The van der Waals surface area contributed by atoms with Crippen LogP contribution in [0.5, 0.6) is 0 Å². The van der Waals surface area contributed by atoms with Gasteiger partial charge in [-0.25, -0.2) is 0 Å². The molecule has 58 valence electrons. The average molecular weight is 155 g/mol. The lowest BCUT2D eigenvalue weighted by Crippen LogP contribution is -2.27. The first-order valence-electron chi connectivity index (χ1n) is 4.11. The fraction of sp³-hybridized carbons (Fsp3) is 0. The molecule has 1 aromatic carbocycles. The summed E-state index contributed by atoms with van der Waals surface area (Å²) in [6.07, 6.45) is 1.96. The van der Waals surface area contributed by atoms with Crippen molar-refractivity contribution in [2.75, 3.05) is 0 Å². The van der Waals surface area contributed by atoms with Crippen LogP contribution in [0.3, 0.4) is 0 Å². The van der Waals surface area contributed by atoms with Gasteiger partial charge in [0.25, 0.3) is 0 Å². The maximum Gasteiger partial charge on any atom is 0.213 e. The lowest BCUT2D eigenvalue weighted by atomic mass is 9.67. The predicted molar refractivity (Wildman–Crippen MR) is 53.7 cm³/mol. The van der Waals surface area contributed by atoms with Crippen LogP contribution in [0.1, 0.15) is 0 Å². The number of aromatic amines is 1. The van der Waals surface area contributed by atoms with Gasteiger partial charge in [0.1, 0.15) is 0 Å². The topological polar surface area (TPSA) is 15.8 Å². The van der Waals surface area contributed by atoms with Crippen molar-refractivity contribution in [1.82, 2.24) is 4.98 Å². The molecule has 0 aliphatic carbocycles. The van der Waals surface area contributed by atoms with Gasteiger partial charge in [-0.1, -0.05) is 41.9 Å². The van der Waals surface area contributed by atoms with Crippen molar-refractivity contribution < 1.29 is 0 Å². The van der Waals surface area contributed by atoms with E-state index < -0.39 is 0 Å². The SMILES string of the molecule is B(c1ccccc1)c1ccc[nH]1. The number of hydrogen-bond donors (Lipinski definition) is 1. The van der Waals surface area contributed by atoms with Gasteiger partial charge >= 0.3 is 0 Å². The molecule has 0 saturated heterocycles. The molecule has 2 rings (SSSR count). The minimum atomic E-state index is 0.994. The standard InChI is InChI=1S/C10H10BN/c1-2-5-9(6-3-1)11-10-7-4-8-12-10/h1-8,11-12H. The molecule has 0 fully saturated rings. The van der Waals surface area contributed by atoms with Crippen molar-refractivity contribution in [2.45, 2.75) is 0 Å². The molecule has 0 aliphatic rings. The number of rotatable bonds is 2. The fourth-order valence-corrected chi connectivity index (χ4v) is 1.29. The van der Waals surface area contributed by atoms with E-state index in [0.29, 0.717) is 0 Å². The highest BCUT2D eigenvalue weighted by Crippen LogP contribution is 1.81. The van der Waals surface area contributed by atoms with Crippen molar-refractivity contribution in [3.05, 3.63) is 48.7 Å². The largest absolute Gasteiger partial charge is 0.373 e.